The largest absolute Gasteiger partial charge is 0.493 e. The molecule has 0 spiro atoms. The van der Waals surface area contributed by atoms with Crippen LogP contribution in [-0.4, -0.2) is 48.4 Å². The molecule has 3 rings (SSSR count). The molecule has 2 heterocycles. The lowest BCUT2D eigenvalue weighted by atomic mass is 10.0. The molecule has 1 N–H and O–H groups in total. The van der Waals surface area contributed by atoms with Gasteiger partial charge in [0.15, 0.2) is 11.6 Å². The third kappa shape index (κ3) is 4.03. The number of nitrogens with zero attached hydrogens (tertiary/aromatic N) is 1. The first-order valence-corrected chi connectivity index (χ1v) is 8.55. The van der Waals surface area contributed by atoms with Gasteiger partial charge < -0.3 is 19.7 Å². The van der Waals surface area contributed by atoms with Crippen LogP contribution in [0.4, 0.5) is 13.6 Å². The van der Waals surface area contributed by atoms with Gasteiger partial charge >= 0.3 is 6.09 Å². The molecular formula is C18H24F2N2O3. The summed E-state index contributed by atoms with van der Waals surface area (Å²) < 4.78 is 37.4. The van der Waals surface area contributed by atoms with Crippen molar-refractivity contribution in [3.05, 3.63) is 29.8 Å². The zero-order valence-electron chi connectivity index (χ0n) is 14.7. The van der Waals surface area contributed by atoms with Gasteiger partial charge in [-0.2, -0.15) is 0 Å². The molecule has 5 nitrogen and oxygen atoms in total. The zero-order valence-corrected chi connectivity index (χ0v) is 14.7. The molecule has 1 amide bonds. The van der Waals surface area contributed by atoms with Gasteiger partial charge in [0.2, 0.25) is 0 Å². The van der Waals surface area contributed by atoms with Crippen molar-refractivity contribution in [2.75, 3.05) is 19.7 Å². The van der Waals surface area contributed by atoms with E-state index in [0.717, 1.165) is 18.6 Å². The summed E-state index contributed by atoms with van der Waals surface area (Å²) in [6.07, 6.45) is 0.549. The SMILES string of the molecule is CC(C)(C)OC(=O)N1CCC2NCC(COc3ccc(F)c(F)c3)C21. The molecule has 3 atom stereocenters. The third-order valence-electron chi connectivity index (χ3n) is 4.56. The molecule has 0 saturated carbocycles. The fraction of sp³-hybridized carbons (Fsp3) is 0.611. The smallest absolute Gasteiger partial charge is 0.410 e. The van der Waals surface area contributed by atoms with E-state index in [1.807, 2.05) is 20.8 Å². The number of benzene rings is 1. The summed E-state index contributed by atoms with van der Waals surface area (Å²) in [5.74, 6) is -1.49. The van der Waals surface area contributed by atoms with E-state index in [4.69, 9.17) is 9.47 Å². The summed E-state index contributed by atoms with van der Waals surface area (Å²) in [7, 11) is 0. The number of likely N-dealkylation sites (tertiary alicyclic amines) is 1. The summed E-state index contributed by atoms with van der Waals surface area (Å²) in [5.41, 5.74) is -0.543. The fourth-order valence-corrected chi connectivity index (χ4v) is 3.51. The van der Waals surface area contributed by atoms with Crippen LogP contribution in [0.2, 0.25) is 0 Å². The van der Waals surface area contributed by atoms with E-state index in [2.05, 4.69) is 5.32 Å². The number of ether oxygens (including phenoxy) is 2. The Kier molecular flexibility index (Phi) is 4.86. The number of fused-ring (bicyclic) bond motifs is 1. The third-order valence-corrected chi connectivity index (χ3v) is 4.56. The number of hydrogen-bond donors (Lipinski definition) is 1. The molecule has 1 aromatic carbocycles. The average Bonchev–Trinajstić information content (AvgIpc) is 3.08. The molecule has 2 fully saturated rings. The van der Waals surface area contributed by atoms with Gasteiger partial charge in [0.25, 0.3) is 0 Å². The first-order chi connectivity index (χ1) is 11.7. The van der Waals surface area contributed by atoms with Crippen molar-refractivity contribution in [2.24, 2.45) is 5.92 Å². The van der Waals surface area contributed by atoms with Crippen molar-refractivity contribution in [3.63, 3.8) is 0 Å². The number of carbonyl (C=O) groups excluding carboxylic acids is 1. The standard InChI is InChI=1S/C18H24F2N2O3/c1-18(2,3)25-17(23)22-7-6-15-16(22)11(9-21-15)10-24-12-4-5-13(19)14(20)8-12/h4-5,8,11,15-16,21H,6-7,9-10H2,1-3H3. The summed E-state index contributed by atoms with van der Waals surface area (Å²) in [5, 5.41) is 3.41. The second-order valence-corrected chi connectivity index (χ2v) is 7.61. The lowest BCUT2D eigenvalue weighted by molar-refractivity contribution is 0.0174. The molecule has 0 aromatic heterocycles. The number of nitrogens with one attached hydrogen (secondary N) is 1. The van der Waals surface area contributed by atoms with Crippen LogP contribution >= 0.6 is 0 Å². The van der Waals surface area contributed by atoms with Crippen LogP contribution in [0.25, 0.3) is 0 Å². The lowest BCUT2D eigenvalue weighted by Crippen LogP contribution is -2.45. The van der Waals surface area contributed by atoms with Crippen molar-refractivity contribution in [1.82, 2.24) is 10.2 Å². The fourth-order valence-electron chi connectivity index (χ4n) is 3.51. The Morgan fingerprint density at radius 2 is 2.08 bits per heavy atom. The molecule has 2 aliphatic rings. The van der Waals surface area contributed by atoms with E-state index in [1.165, 1.54) is 6.07 Å². The molecule has 138 valence electrons. The van der Waals surface area contributed by atoms with E-state index in [-0.39, 0.29) is 29.8 Å². The summed E-state index contributed by atoms with van der Waals surface area (Å²) in [6, 6.07) is 3.68. The van der Waals surface area contributed by atoms with Gasteiger partial charge in [-0.25, -0.2) is 13.6 Å². The maximum atomic E-state index is 13.3. The molecule has 7 heteroatoms. The monoisotopic (exact) mass is 354 g/mol. The maximum Gasteiger partial charge on any atom is 0.410 e. The Hall–Kier alpha value is -1.89. The van der Waals surface area contributed by atoms with Crippen LogP contribution < -0.4 is 10.1 Å². The molecule has 2 aliphatic heterocycles. The zero-order chi connectivity index (χ0) is 18.2. The molecule has 1 aromatic rings. The Balaban J connectivity index is 1.64. The maximum absolute atomic E-state index is 13.3. The Morgan fingerprint density at radius 1 is 1.32 bits per heavy atom. The number of amides is 1. The van der Waals surface area contributed by atoms with Crippen molar-refractivity contribution in [3.8, 4) is 5.75 Å². The predicted octanol–water partition coefficient (Wildman–Crippen LogP) is 2.94. The van der Waals surface area contributed by atoms with E-state index in [0.29, 0.717) is 19.7 Å². The minimum absolute atomic E-state index is 0.0138. The quantitative estimate of drug-likeness (QED) is 0.907. The van der Waals surface area contributed by atoms with E-state index in [1.54, 1.807) is 4.90 Å². The Morgan fingerprint density at radius 3 is 2.76 bits per heavy atom. The highest BCUT2D eigenvalue weighted by Crippen LogP contribution is 2.31. The van der Waals surface area contributed by atoms with E-state index < -0.39 is 17.2 Å². The molecule has 3 unspecified atom stereocenters. The molecular weight excluding hydrogens is 330 g/mol. The van der Waals surface area contributed by atoms with Crippen LogP contribution in [-0.2, 0) is 4.74 Å². The first-order valence-electron chi connectivity index (χ1n) is 8.55. The highest BCUT2D eigenvalue weighted by Gasteiger charge is 2.47. The Labute approximate surface area is 146 Å². The minimum atomic E-state index is -0.934. The van der Waals surface area contributed by atoms with Gasteiger partial charge in [0.05, 0.1) is 12.6 Å². The van der Waals surface area contributed by atoms with Crippen molar-refractivity contribution in [2.45, 2.75) is 44.9 Å². The van der Waals surface area contributed by atoms with Gasteiger partial charge in [0.1, 0.15) is 11.4 Å². The van der Waals surface area contributed by atoms with Crippen molar-refractivity contribution >= 4 is 6.09 Å². The molecule has 0 radical (unpaired) electrons. The summed E-state index contributed by atoms with van der Waals surface area (Å²) >= 11 is 0. The van der Waals surface area contributed by atoms with Crippen LogP contribution in [0.15, 0.2) is 18.2 Å². The van der Waals surface area contributed by atoms with Crippen LogP contribution in [0.3, 0.4) is 0 Å². The number of carbonyl (C=O) groups is 1. The molecule has 2 saturated heterocycles. The predicted molar refractivity (Wildman–Crippen MR) is 88.5 cm³/mol. The second-order valence-electron chi connectivity index (χ2n) is 7.61. The number of rotatable bonds is 3. The topological polar surface area (TPSA) is 50.8 Å². The number of hydrogen-bond acceptors (Lipinski definition) is 4. The van der Waals surface area contributed by atoms with Gasteiger partial charge in [-0.1, -0.05) is 0 Å². The second kappa shape index (κ2) is 6.78. The first kappa shape index (κ1) is 17.9. The number of halogens is 2. The highest BCUT2D eigenvalue weighted by molar-refractivity contribution is 5.69. The van der Waals surface area contributed by atoms with Crippen LogP contribution in [0.5, 0.6) is 5.75 Å². The van der Waals surface area contributed by atoms with Gasteiger partial charge in [0, 0.05) is 31.1 Å². The van der Waals surface area contributed by atoms with Gasteiger partial charge in [-0.15, -0.1) is 0 Å². The van der Waals surface area contributed by atoms with Gasteiger partial charge in [-0.3, -0.25) is 0 Å². The minimum Gasteiger partial charge on any atom is -0.493 e. The summed E-state index contributed by atoms with van der Waals surface area (Å²) in [4.78, 5) is 14.2. The van der Waals surface area contributed by atoms with Crippen LogP contribution in [0, 0.1) is 17.6 Å². The summed E-state index contributed by atoms with van der Waals surface area (Å²) in [6.45, 7) is 7.19. The Bertz CT molecular complexity index is 648. The normalized spacial score (nSPS) is 25.8. The van der Waals surface area contributed by atoms with Crippen molar-refractivity contribution in [1.29, 1.82) is 0 Å². The van der Waals surface area contributed by atoms with Gasteiger partial charge in [-0.05, 0) is 39.3 Å². The highest BCUT2D eigenvalue weighted by atomic mass is 19.2. The van der Waals surface area contributed by atoms with E-state index in [9.17, 15) is 13.6 Å². The molecule has 0 bridgehead atoms. The van der Waals surface area contributed by atoms with E-state index >= 15 is 0 Å². The molecule has 0 aliphatic carbocycles. The lowest BCUT2D eigenvalue weighted by Gasteiger charge is -2.31. The average molecular weight is 354 g/mol. The van der Waals surface area contributed by atoms with Crippen molar-refractivity contribution < 1.29 is 23.0 Å². The molecule has 25 heavy (non-hydrogen) atoms. The van der Waals surface area contributed by atoms with Crippen LogP contribution in [0.1, 0.15) is 27.2 Å².